The summed E-state index contributed by atoms with van der Waals surface area (Å²) in [6.45, 7) is 1.18. The highest BCUT2D eigenvalue weighted by atomic mass is 35.5. The van der Waals surface area contributed by atoms with Gasteiger partial charge < -0.3 is 9.64 Å². The van der Waals surface area contributed by atoms with E-state index in [1.54, 1.807) is 12.2 Å². The number of ether oxygens (including phenoxy) is 1. The van der Waals surface area contributed by atoms with E-state index in [1.165, 1.54) is 0 Å². The molecule has 2 rings (SSSR count). The Bertz CT molecular complexity index is 726. The van der Waals surface area contributed by atoms with E-state index in [2.05, 4.69) is 4.72 Å². The van der Waals surface area contributed by atoms with E-state index >= 15 is 0 Å². The summed E-state index contributed by atoms with van der Waals surface area (Å²) in [7, 11) is 1.45. The Balaban J connectivity index is 2.07. The van der Waals surface area contributed by atoms with Gasteiger partial charge in [0.2, 0.25) is 4.90 Å². The second kappa shape index (κ2) is 8.98. The predicted molar refractivity (Wildman–Crippen MR) is 97.1 cm³/mol. The van der Waals surface area contributed by atoms with Gasteiger partial charge >= 0.3 is 0 Å². The molecule has 0 saturated heterocycles. The largest absolute Gasteiger partial charge is 0.495 e. The fourth-order valence-corrected chi connectivity index (χ4v) is 3.42. The summed E-state index contributed by atoms with van der Waals surface area (Å²) in [4.78, 5) is 1.69. The number of hydrogen-bond acceptors (Lipinski definition) is 3. The first kappa shape index (κ1) is 20.2. The molecule has 9 heteroatoms. The molecule has 0 radical (unpaired) electrons. The Morgan fingerprint density at radius 2 is 2.08 bits per heavy atom. The minimum Gasteiger partial charge on any atom is -0.495 e. The molecule has 25 heavy (non-hydrogen) atoms. The number of rotatable bonds is 7. The Kier molecular flexibility index (Phi) is 7.25. The van der Waals surface area contributed by atoms with E-state index in [-0.39, 0.29) is 15.3 Å². The number of likely N-dealkylation sites (N-methyl/N-ethyl adjacent to an activating group) is 1. The normalized spacial score (nSPS) is 18.6. The number of thiol groups is 1. The van der Waals surface area contributed by atoms with Crippen molar-refractivity contribution < 1.29 is 17.7 Å². The van der Waals surface area contributed by atoms with E-state index in [1.807, 2.05) is 19.0 Å². The standard InChI is InChI=1S/C16H18Cl2F2N2O2S/c1-22(2)5-6-24-15-7-10(3-4-11(15)17)21-25(23)16-9-13(19)12(18)8-14(16)20/h3,7-9,11H,4-6H2,1-2H3,(H,21,23)/p+1. The molecule has 0 aromatic heterocycles. The summed E-state index contributed by atoms with van der Waals surface area (Å²) in [5.41, 5.74) is 0.479. The molecule has 0 saturated carbocycles. The first-order valence-electron chi connectivity index (χ1n) is 7.49. The van der Waals surface area contributed by atoms with Gasteiger partial charge in [-0.25, -0.2) is 13.5 Å². The molecule has 0 spiro atoms. The van der Waals surface area contributed by atoms with Crippen molar-refractivity contribution in [3.05, 3.63) is 52.4 Å². The number of nitrogens with zero attached hydrogens (tertiary/aromatic N) is 1. The number of allylic oxidation sites excluding steroid dienone is 3. The topological polar surface area (TPSA) is 41.6 Å². The lowest BCUT2D eigenvalue weighted by molar-refractivity contribution is 0.176. The van der Waals surface area contributed by atoms with Crippen LogP contribution in [0.1, 0.15) is 6.42 Å². The average molecular weight is 412 g/mol. The van der Waals surface area contributed by atoms with Crippen LogP contribution in [0.4, 0.5) is 8.78 Å². The second-order valence-corrected chi connectivity index (χ2v) is 7.91. The van der Waals surface area contributed by atoms with Crippen molar-refractivity contribution in [2.24, 2.45) is 0 Å². The van der Waals surface area contributed by atoms with E-state index in [9.17, 15) is 13.0 Å². The highest BCUT2D eigenvalue weighted by Crippen LogP contribution is 2.25. The van der Waals surface area contributed by atoms with Crippen molar-refractivity contribution in [3.63, 3.8) is 0 Å². The van der Waals surface area contributed by atoms with Crippen LogP contribution >= 0.6 is 23.2 Å². The lowest BCUT2D eigenvalue weighted by atomic mass is 10.1. The Hall–Kier alpha value is -1.15. The van der Waals surface area contributed by atoms with Crippen LogP contribution in [-0.2, 0) is 19.9 Å². The van der Waals surface area contributed by atoms with Gasteiger partial charge in [-0.1, -0.05) is 21.9 Å². The van der Waals surface area contributed by atoms with E-state index in [0.717, 1.165) is 18.7 Å². The van der Waals surface area contributed by atoms with Crippen LogP contribution in [0.25, 0.3) is 0 Å². The van der Waals surface area contributed by atoms with Crippen molar-refractivity contribution in [1.29, 1.82) is 0 Å². The van der Waals surface area contributed by atoms with Crippen molar-refractivity contribution in [2.75, 3.05) is 27.2 Å². The van der Waals surface area contributed by atoms with Crippen molar-refractivity contribution in [3.8, 4) is 0 Å². The monoisotopic (exact) mass is 411 g/mol. The summed E-state index contributed by atoms with van der Waals surface area (Å²) < 4.78 is 48.0. The molecular formula is C16H19Cl2F2N2O2S+. The van der Waals surface area contributed by atoms with Crippen molar-refractivity contribution >= 4 is 34.2 Å². The summed E-state index contributed by atoms with van der Waals surface area (Å²) >= 11 is 11.7. The van der Waals surface area contributed by atoms with Crippen LogP contribution in [0.2, 0.25) is 5.02 Å². The van der Waals surface area contributed by atoms with Gasteiger partial charge in [0.05, 0.1) is 16.1 Å². The Morgan fingerprint density at radius 3 is 2.76 bits per heavy atom. The minimum atomic E-state index is -2.40. The zero-order valence-electron chi connectivity index (χ0n) is 13.7. The maximum absolute atomic E-state index is 13.9. The van der Waals surface area contributed by atoms with E-state index in [4.69, 9.17) is 27.9 Å². The SMILES string of the molecule is CN(C)CCOC1=CC(N[SH+](=O)c2cc(F)c(Cl)cc2F)=CCC1Cl. The third-order valence-electron chi connectivity index (χ3n) is 3.40. The summed E-state index contributed by atoms with van der Waals surface area (Å²) in [5, 5.41) is -0.682. The van der Waals surface area contributed by atoms with Crippen LogP contribution in [-0.4, -0.2) is 37.5 Å². The van der Waals surface area contributed by atoms with Crippen molar-refractivity contribution in [1.82, 2.24) is 9.62 Å². The molecule has 0 bridgehead atoms. The first-order chi connectivity index (χ1) is 11.8. The molecule has 1 aliphatic rings. The third kappa shape index (κ3) is 5.67. The molecule has 1 N–H and O–H groups in total. The van der Waals surface area contributed by atoms with Gasteiger partial charge in [-0.3, -0.25) is 0 Å². The molecule has 0 heterocycles. The number of benzene rings is 1. The summed E-state index contributed by atoms with van der Waals surface area (Å²) in [6.07, 6.45) is 3.82. The van der Waals surface area contributed by atoms with Crippen LogP contribution in [0, 0.1) is 11.6 Å². The highest BCUT2D eigenvalue weighted by molar-refractivity contribution is 7.83. The molecule has 138 valence electrons. The highest BCUT2D eigenvalue weighted by Gasteiger charge is 2.23. The van der Waals surface area contributed by atoms with E-state index in [0.29, 0.717) is 24.5 Å². The van der Waals surface area contributed by atoms with Gasteiger partial charge in [-0.05, 0) is 20.5 Å². The minimum absolute atomic E-state index is 0.283. The third-order valence-corrected chi connectivity index (χ3v) is 5.32. The number of alkyl halides is 1. The van der Waals surface area contributed by atoms with Crippen LogP contribution < -0.4 is 4.72 Å². The lowest BCUT2D eigenvalue weighted by Crippen LogP contribution is -2.23. The molecule has 1 aromatic rings. The van der Waals surface area contributed by atoms with Gasteiger partial charge in [0.1, 0.15) is 18.2 Å². The zero-order chi connectivity index (χ0) is 18.6. The number of halogens is 4. The van der Waals surface area contributed by atoms with Gasteiger partial charge in [-0.15, -0.1) is 11.6 Å². The fourth-order valence-electron chi connectivity index (χ4n) is 2.05. The molecule has 4 nitrogen and oxygen atoms in total. The average Bonchev–Trinajstić information content (AvgIpc) is 2.53. The van der Waals surface area contributed by atoms with Crippen LogP contribution in [0.3, 0.4) is 0 Å². The predicted octanol–water partition coefficient (Wildman–Crippen LogP) is 3.53. The maximum atomic E-state index is 13.9. The summed E-state index contributed by atoms with van der Waals surface area (Å²) in [6, 6.07) is 1.63. The molecule has 0 amide bonds. The number of hydrogen-bond donors (Lipinski definition) is 1. The van der Waals surface area contributed by atoms with Gasteiger partial charge in [0.15, 0.2) is 16.8 Å². The quantitative estimate of drug-likeness (QED) is 0.323. The molecule has 2 unspecified atom stereocenters. The van der Waals surface area contributed by atoms with Gasteiger partial charge in [0, 0.05) is 24.8 Å². The molecule has 2 atom stereocenters. The fraction of sp³-hybridized carbons (Fsp3) is 0.375. The van der Waals surface area contributed by atoms with E-state index < -0.39 is 22.6 Å². The van der Waals surface area contributed by atoms with Gasteiger partial charge in [-0.2, -0.15) is 0 Å². The Morgan fingerprint density at radius 1 is 1.36 bits per heavy atom. The molecular weight excluding hydrogens is 393 g/mol. The smallest absolute Gasteiger partial charge is 0.218 e. The Labute approximate surface area is 158 Å². The zero-order valence-corrected chi connectivity index (χ0v) is 16.1. The molecule has 0 aliphatic heterocycles. The van der Waals surface area contributed by atoms with Gasteiger partial charge in [0.25, 0.3) is 0 Å². The summed E-state index contributed by atoms with van der Waals surface area (Å²) in [5.74, 6) is -1.12. The van der Waals surface area contributed by atoms with Crippen molar-refractivity contribution in [2.45, 2.75) is 16.7 Å². The maximum Gasteiger partial charge on any atom is 0.218 e. The molecule has 1 aliphatic carbocycles. The van der Waals surface area contributed by atoms with Crippen LogP contribution in [0.5, 0.6) is 0 Å². The molecule has 1 aromatic carbocycles. The molecule has 0 fully saturated rings. The number of nitrogens with one attached hydrogen (secondary N) is 1. The van der Waals surface area contributed by atoms with Crippen LogP contribution in [0.15, 0.2) is 40.6 Å². The second-order valence-electron chi connectivity index (χ2n) is 5.69. The first-order valence-corrected chi connectivity index (χ1v) is 9.57. The lowest BCUT2D eigenvalue weighted by Gasteiger charge is -2.20.